The van der Waals surface area contributed by atoms with Crippen LogP contribution >= 0.6 is 0 Å². The van der Waals surface area contributed by atoms with E-state index >= 15 is 0 Å². The van der Waals surface area contributed by atoms with E-state index in [9.17, 15) is 13.2 Å². The fraction of sp³-hybridized carbons (Fsp3) is 0.917. The highest BCUT2D eigenvalue weighted by Crippen LogP contribution is 1.89. The zero-order valence-electron chi connectivity index (χ0n) is 12.1. The number of amides is 1. The molecule has 6 nitrogen and oxygen atoms in total. The zero-order valence-corrected chi connectivity index (χ0v) is 13.0. The standard InChI is InChI=1S/C12H26N2O4S/c1-4-14(5-2)8-10-18-9-7-13-12(15)6-11-19(3,16)17/h4-11H2,1-3H3,(H,13,15). The molecular weight excluding hydrogens is 268 g/mol. The first-order chi connectivity index (χ1) is 8.89. The van der Waals surface area contributed by atoms with Crippen LogP contribution in [0.25, 0.3) is 0 Å². The van der Waals surface area contributed by atoms with Crippen molar-refractivity contribution in [2.24, 2.45) is 0 Å². The van der Waals surface area contributed by atoms with Crippen LogP contribution in [0.15, 0.2) is 0 Å². The van der Waals surface area contributed by atoms with E-state index in [4.69, 9.17) is 4.74 Å². The van der Waals surface area contributed by atoms with Crippen molar-refractivity contribution < 1.29 is 17.9 Å². The first kappa shape index (κ1) is 18.3. The summed E-state index contributed by atoms with van der Waals surface area (Å²) >= 11 is 0. The summed E-state index contributed by atoms with van der Waals surface area (Å²) in [6, 6.07) is 0. The van der Waals surface area contributed by atoms with Crippen LogP contribution in [-0.2, 0) is 19.4 Å². The number of nitrogens with one attached hydrogen (secondary N) is 1. The molecule has 1 N–H and O–H groups in total. The highest BCUT2D eigenvalue weighted by atomic mass is 32.2. The fourth-order valence-corrected chi connectivity index (χ4v) is 2.02. The fourth-order valence-electron chi connectivity index (χ4n) is 1.46. The van der Waals surface area contributed by atoms with E-state index < -0.39 is 9.84 Å². The largest absolute Gasteiger partial charge is 0.378 e. The van der Waals surface area contributed by atoms with Gasteiger partial charge < -0.3 is 15.0 Å². The molecule has 0 spiro atoms. The first-order valence-electron chi connectivity index (χ1n) is 6.63. The van der Waals surface area contributed by atoms with Gasteiger partial charge in [0.05, 0.1) is 19.0 Å². The molecule has 0 bridgehead atoms. The number of hydrogen-bond acceptors (Lipinski definition) is 5. The van der Waals surface area contributed by atoms with Gasteiger partial charge in [0.25, 0.3) is 0 Å². The molecule has 0 fully saturated rings. The second kappa shape index (κ2) is 10.2. The number of sulfone groups is 1. The number of hydrogen-bond donors (Lipinski definition) is 1. The maximum absolute atomic E-state index is 11.3. The van der Waals surface area contributed by atoms with Crippen molar-refractivity contribution in [3.05, 3.63) is 0 Å². The molecule has 0 aromatic heterocycles. The van der Waals surface area contributed by atoms with Crippen LogP contribution in [0.4, 0.5) is 0 Å². The van der Waals surface area contributed by atoms with Crippen molar-refractivity contribution in [3.63, 3.8) is 0 Å². The Kier molecular flexibility index (Phi) is 9.81. The van der Waals surface area contributed by atoms with Gasteiger partial charge in [-0.15, -0.1) is 0 Å². The van der Waals surface area contributed by atoms with E-state index in [-0.39, 0.29) is 18.1 Å². The van der Waals surface area contributed by atoms with Crippen LogP contribution in [0.3, 0.4) is 0 Å². The van der Waals surface area contributed by atoms with Crippen molar-refractivity contribution in [2.45, 2.75) is 20.3 Å². The lowest BCUT2D eigenvalue weighted by Crippen LogP contribution is -2.30. The zero-order chi connectivity index (χ0) is 14.7. The maximum Gasteiger partial charge on any atom is 0.221 e. The minimum absolute atomic E-state index is 0.0122. The summed E-state index contributed by atoms with van der Waals surface area (Å²) in [5.41, 5.74) is 0. The van der Waals surface area contributed by atoms with Crippen LogP contribution in [-0.4, -0.2) is 70.6 Å². The molecular formula is C12H26N2O4S. The predicted octanol–water partition coefficient (Wildman–Crippen LogP) is -0.104. The Morgan fingerprint density at radius 2 is 1.84 bits per heavy atom. The van der Waals surface area contributed by atoms with Gasteiger partial charge >= 0.3 is 0 Å². The van der Waals surface area contributed by atoms with E-state index in [1.54, 1.807) is 0 Å². The second-order valence-electron chi connectivity index (χ2n) is 4.37. The first-order valence-corrected chi connectivity index (χ1v) is 8.69. The molecule has 0 unspecified atom stereocenters. The lowest BCUT2D eigenvalue weighted by atomic mass is 10.4. The van der Waals surface area contributed by atoms with Gasteiger partial charge in [0.2, 0.25) is 5.91 Å². The average Bonchev–Trinajstić information content (AvgIpc) is 2.35. The van der Waals surface area contributed by atoms with Crippen LogP contribution < -0.4 is 5.32 Å². The Bertz CT molecular complexity index is 340. The predicted molar refractivity (Wildman–Crippen MR) is 75.9 cm³/mol. The number of nitrogens with zero attached hydrogens (tertiary/aromatic N) is 1. The highest BCUT2D eigenvalue weighted by Gasteiger charge is 2.07. The molecule has 0 aliphatic carbocycles. The molecule has 114 valence electrons. The van der Waals surface area contributed by atoms with E-state index in [2.05, 4.69) is 24.1 Å². The number of likely N-dealkylation sites (N-methyl/N-ethyl adjacent to an activating group) is 1. The SMILES string of the molecule is CCN(CC)CCOCCNC(=O)CCS(C)(=O)=O. The van der Waals surface area contributed by atoms with Crippen molar-refractivity contribution in [1.29, 1.82) is 0 Å². The molecule has 0 atom stereocenters. The van der Waals surface area contributed by atoms with Crippen molar-refractivity contribution >= 4 is 15.7 Å². The molecule has 0 aromatic rings. The summed E-state index contributed by atoms with van der Waals surface area (Å²) < 4.78 is 27.1. The smallest absolute Gasteiger partial charge is 0.221 e. The van der Waals surface area contributed by atoms with Crippen LogP contribution in [0.1, 0.15) is 20.3 Å². The topological polar surface area (TPSA) is 75.7 Å². The van der Waals surface area contributed by atoms with Crippen LogP contribution in [0, 0.1) is 0 Å². The minimum Gasteiger partial charge on any atom is -0.378 e. The number of ether oxygens (including phenoxy) is 1. The van der Waals surface area contributed by atoms with E-state index in [1.165, 1.54) is 0 Å². The van der Waals surface area contributed by atoms with Gasteiger partial charge in [-0.05, 0) is 13.1 Å². The molecule has 0 aliphatic rings. The van der Waals surface area contributed by atoms with Crippen LogP contribution in [0.5, 0.6) is 0 Å². The lowest BCUT2D eigenvalue weighted by molar-refractivity contribution is -0.120. The van der Waals surface area contributed by atoms with Gasteiger partial charge in [0, 0.05) is 25.8 Å². The molecule has 19 heavy (non-hydrogen) atoms. The van der Waals surface area contributed by atoms with E-state index in [0.717, 1.165) is 25.9 Å². The Morgan fingerprint density at radius 1 is 1.21 bits per heavy atom. The third-order valence-electron chi connectivity index (χ3n) is 2.71. The van der Waals surface area contributed by atoms with Crippen molar-refractivity contribution in [1.82, 2.24) is 10.2 Å². The number of rotatable bonds is 11. The molecule has 0 aromatic carbocycles. The van der Waals surface area contributed by atoms with Gasteiger partial charge in [-0.2, -0.15) is 0 Å². The lowest BCUT2D eigenvalue weighted by Gasteiger charge is -2.17. The monoisotopic (exact) mass is 294 g/mol. The quantitative estimate of drug-likeness (QED) is 0.538. The Morgan fingerprint density at radius 3 is 2.37 bits per heavy atom. The average molecular weight is 294 g/mol. The van der Waals surface area contributed by atoms with Gasteiger partial charge in [0.1, 0.15) is 9.84 Å². The molecule has 1 amide bonds. The Hall–Kier alpha value is -0.660. The van der Waals surface area contributed by atoms with Gasteiger partial charge in [-0.3, -0.25) is 4.79 Å². The van der Waals surface area contributed by atoms with E-state index in [1.807, 2.05) is 0 Å². The molecule has 7 heteroatoms. The molecule has 0 radical (unpaired) electrons. The summed E-state index contributed by atoms with van der Waals surface area (Å²) in [6.45, 7) is 8.60. The summed E-state index contributed by atoms with van der Waals surface area (Å²) in [7, 11) is -3.07. The number of carbonyl (C=O) groups excluding carboxylic acids is 1. The summed E-state index contributed by atoms with van der Waals surface area (Å²) in [6.07, 6.45) is 1.13. The van der Waals surface area contributed by atoms with Crippen molar-refractivity contribution in [2.75, 3.05) is 51.4 Å². The van der Waals surface area contributed by atoms with Crippen molar-refractivity contribution in [3.8, 4) is 0 Å². The summed E-state index contributed by atoms with van der Waals surface area (Å²) in [5.74, 6) is -0.362. The Labute approximate surface area is 116 Å². The van der Waals surface area contributed by atoms with Gasteiger partial charge in [0.15, 0.2) is 0 Å². The minimum atomic E-state index is -3.07. The normalized spacial score (nSPS) is 11.8. The van der Waals surface area contributed by atoms with Crippen LogP contribution in [0.2, 0.25) is 0 Å². The molecule has 0 heterocycles. The molecule has 0 saturated carbocycles. The second-order valence-corrected chi connectivity index (χ2v) is 6.63. The highest BCUT2D eigenvalue weighted by molar-refractivity contribution is 7.90. The molecule has 0 rings (SSSR count). The summed E-state index contributed by atoms with van der Waals surface area (Å²) in [5, 5.41) is 2.63. The third-order valence-corrected chi connectivity index (χ3v) is 3.66. The van der Waals surface area contributed by atoms with E-state index in [0.29, 0.717) is 19.8 Å². The summed E-state index contributed by atoms with van der Waals surface area (Å²) in [4.78, 5) is 13.5. The number of carbonyl (C=O) groups is 1. The van der Waals surface area contributed by atoms with Gasteiger partial charge in [-0.1, -0.05) is 13.8 Å². The molecule has 0 saturated heterocycles. The molecule has 0 aliphatic heterocycles. The third kappa shape index (κ3) is 12.1. The van der Waals surface area contributed by atoms with Gasteiger partial charge in [-0.25, -0.2) is 8.42 Å². The Balaban J connectivity index is 3.46. The maximum atomic E-state index is 11.3.